The van der Waals surface area contributed by atoms with E-state index in [0.717, 1.165) is 52.9 Å². The third-order valence-corrected chi connectivity index (χ3v) is 4.99. The molecule has 1 aliphatic rings. The molecule has 2 aromatic heterocycles. The Morgan fingerprint density at radius 3 is 2.87 bits per heavy atom. The molecule has 0 aliphatic carbocycles. The van der Waals surface area contributed by atoms with Crippen LogP contribution in [0.1, 0.15) is 0 Å². The van der Waals surface area contributed by atoms with E-state index in [1.807, 2.05) is 46.9 Å². The van der Waals surface area contributed by atoms with E-state index in [-0.39, 0.29) is 0 Å². The second kappa shape index (κ2) is 6.12. The molecular formula is C17H18N4OS. The van der Waals surface area contributed by atoms with Gasteiger partial charge in [0.25, 0.3) is 0 Å². The molecule has 23 heavy (non-hydrogen) atoms. The highest BCUT2D eigenvalue weighted by Crippen LogP contribution is 2.28. The summed E-state index contributed by atoms with van der Waals surface area (Å²) in [6, 6.07) is 10.1. The molecule has 0 radical (unpaired) electrons. The lowest BCUT2D eigenvalue weighted by molar-refractivity contribution is 0.415. The van der Waals surface area contributed by atoms with Crippen molar-refractivity contribution >= 4 is 23.1 Å². The van der Waals surface area contributed by atoms with Crippen LogP contribution in [0.5, 0.6) is 5.75 Å². The minimum absolute atomic E-state index is 0.839. The van der Waals surface area contributed by atoms with Crippen molar-refractivity contribution in [1.82, 2.24) is 14.6 Å². The third kappa shape index (κ3) is 2.74. The van der Waals surface area contributed by atoms with Crippen molar-refractivity contribution in [3.8, 4) is 17.0 Å². The van der Waals surface area contributed by atoms with Crippen LogP contribution in [0.2, 0.25) is 0 Å². The number of nitrogens with zero attached hydrogens (tertiary/aromatic N) is 4. The molecule has 5 nitrogen and oxygen atoms in total. The number of ether oxygens (including phenoxy) is 1. The summed E-state index contributed by atoms with van der Waals surface area (Å²) in [6.45, 7) is 2.08. The maximum absolute atomic E-state index is 5.31. The number of rotatable bonds is 3. The standard InChI is InChI=1S/C17H18N4OS/c1-22-14-4-2-3-13(11-14)15-12-16-17(18-5-6-21(16)19-15)20-7-9-23-10-8-20/h2-6,11-12H,7-10H2,1H3. The summed E-state index contributed by atoms with van der Waals surface area (Å²) in [5.74, 6) is 4.17. The molecule has 0 unspecified atom stereocenters. The second-order valence-corrected chi connectivity index (χ2v) is 6.67. The van der Waals surface area contributed by atoms with Gasteiger partial charge in [-0.05, 0) is 18.2 Å². The number of methoxy groups -OCH3 is 1. The molecule has 0 spiro atoms. The average Bonchev–Trinajstić information content (AvgIpc) is 3.07. The highest BCUT2D eigenvalue weighted by Gasteiger charge is 2.17. The summed E-state index contributed by atoms with van der Waals surface area (Å²) in [5.41, 5.74) is 3.04. The van der Waals surface area contributed by atoms with Crippen LogP contribution in [0.25, 0.3) is 16.8 Å². The zero-order valence-electron chi connectivity index (χ0n) is 13.0. The van der Waals surface area contributed by atoms with Crippen LogP contribution in [-0.4, -0.2) is 46.3 Å². The van der Waals surface area contributed by atoms with Gasteiger partial charge in [-0.1, -0.05) is 12.1 Å². The number of anilines is 1. The number of fused-ring (bicyclic) bond motifs is 1. The van der Waals surface area contributed by atoms with Gasteiger partial charge < -0.3 is 9.64 Å². The molecule has 1 fully saturated rings. The first kappa shape index (κ1) is 14.4. The molecule has 1 saturated heterocycles. The molecule has 118 valence electrons. The van der Waals surface area contributed by atoms with Gasteiger partial charge in [0.2, 0.25) is 0 Å². The van der Waals surface area contributed by atoms with Crippen molar-refractivity contribution in [2.75, 3.05) is 36.6 Å². The predicted molar refractivity (Wildman–Crippen MR) is 94.5 cm³/mol. The largest absolute Gasteiger partial charge is 0.497 e. The number of hydrogen-bond acceptors (Lipinski definition) is 5. The van der Waals surface area contributed by atoms with Gasteiger partial charge in [0, 0.05) is 42.6 Å². The molecule has 6 heteroatoms. The van der Waals surface area contributed by atoms with Crippen molar-refractivity contribution in [2.24, 2.45) is 0 Å². The Bertz CT molecular complexity index is 826. The smallest absolute Gasteiger partial charge is 0.154 e. The van der Waals surface area contributed by atoms with Gasteiger partial charge in [-0.2, -0.15) is 16.9 Å². The van der Waals surface area contributed by atoms with Gasteiger partial charge in [0.05, 0.1) is 12.8 Å². The monoisotopic (exact) mass is 326 g/mol. The van der Waals surface area contributed by atoms with E-state index in [0.29, 0.717) is 0 Å². The Morgan fingerprint density at radius 1 is 1.17 bits per heavy atom. The first-order valence-corrected chi connectivity index (χ1v) is 8.82. The highest BCUT2D eigenvalue weighted by molar-refractivity contribution is 7.99. The Balaban J connectivity index is 1.78. The quantitative estimate of drug-likeness (QED) is 0.740. The minimum atomic E-state index is 0.839. The average molecular weight is 326 g/mol. The first-order valence-electron chi connectivity index (χ1n) is 7.67. The van der Waals surface area contributed by atoms with Crippen molar-refractivity contribution in [3.63, 3.8) is 0 Å². The summed E-state index contributed by atoms with van der Waals surface area (Å²) in [5, 5.41) is 4.70. The van der Waals surface area contributed by atoms with Gasteiger partial charge in [0.1, 0.15) is 11.3 Å². The van der Waals surface area contributed by atoms with E-state index in [4.69, 9.17) is 9.84 Å². The zero-order chi connectivity index (χ0) is 15.6. The molecular weight excluding hydrogens is 308 g/mol. The van der Waals surface area contributed by atoms with Crippen molar-refractivity contribution < 1.29 is 4.74 Å². The van der Waals surface area contributed by atoms with E-state index in [1.54, 1.807) is 7.11 Å². The summed E-state index contributed by atoms with van der Waals surface area (Å²) in [4.78, 5) is 6.95. The number of aromatic nitrogens is 3. The van der Waals surface area contributed by atoms with Gasteiger partial charge in [-0.25, -0.2) is 9.50 Å². The molecule has 1 aromatic carbocycles. The van der Waals surface area contributed by atoms with Crippen LogP contribution in [0.3, 0.4) is 0 Å². The first-order chi connectivity index (χ1) is 11.3. The van der Waals surface area contributed by atoms with Gasteiger partial charge in [0.15, 0.2) is 5.82 Å². The molecule has 4 rings (SSSR count). The SMILES string of the molecule is COc1cccc(-c2cc3c(N4CCSCC4)nccn3n2)c1. The lowest BCUT2D eigenvalue weighted by Crippen LogP contribution is -2.33. The molecule has 1 aliphatic heterocycles. The molecule has 0 atom stereocenters. The number of hydrogen-bond donors (Lipinski definition) is 0. The topological polar surface area (TPSA) is 42.7 Å². The lowest BCUT2D eigenvalue weighted by atomic mass is 10.1. The summed E-state index contributed by atoms with van der Waals surface area (Å²) >= 11 is 2.00. The fraction of sp³-hybridized carbons (Fsp3) is 0.294. The fourth-order valence-electron chi connectivity index (χ4n) is 2.85. The maximum Gasteiger partial charge on any atom is 0.154 e. The van der Waals surface area contributed by atoms with Crippen LogP contribution >= 0.6 is 11.8 Å². The Hall–Kier alpha value is -2.21. The Labute approximate surface area is 139 Å². The van der Waals surface area contributed by atoms with Crippen molar-refractivity contribution in [1.29, 1.82) is 0 Å². The molecule has 0 bridgehead atoms. The van der Waals surface area contributed by atoms with Crippen LogP contribution in [0.15, 0.2) is 42.7 Å². The molecule has 0 amide bonds. The van der Waals surface area contributed by atoms with E-state index in [1.165, 1.54) is 0 Å². The molecule has 0 N–H and O–H groups in total. The van der Waals surface area contributed by atoms with Gasteiger partial charge >= 0.3 is 0 Å². The van der Waals surface area contributed by atoms with Crippen LogP contribution in [-0.2, 0) is 0 Å². The number of benzene rings is 1. The number of thioether (sulfide) groups is 1. The predicted octanol–water partition coefficient (Wildman–Crippen LogP) is 2.96. The van der Waals surface area contributed by atoms with Crippen LogP contribution in [0.4, 0.5) is 5.82 Å². The van der Waals surface area contributed by atoms with Gasteiger partial charge in [-0.3, -0.25) is 0 Å². The van der Waals surface area contributed by atoms with E-state index in [9.17, 15) is 0 Å². The zero-order valence-corrected chi connectivity index (χ0v) is 13.8. The highest BCUT2D eigenvalue weighted by atomic mass is 32.2. The van der Waals surface area contributed by atoms with Crippen LogP contribution in [0, 0.1) is 0 Å². The lowest BCUT2D eigenvalue weighted by Gasteiger charge is -2.27. The normalized spacial score (nSPS) is 15.1. The molecule has 3 heterocycles. The minimum Gasteiger partial charge on any atom is -0.497 e. The maximum atomic E-state index is 5.31. The third-order valence-electron chi connectivity index (χ3n) is 4.05. The fourth-order valence-corrected chi connectivity index (χ4v) is 3.75. The van der Waals surface area contributed by atoms with E-state index >= 15 is 0 Å². The summed E-state index contributed by atoms with van der Waals surface area (Å²) < 4.78 is 7.23. The van der Waals surface area contributed by atoms with E-state index in [2.05, 4.69) is 22.0 Å². The molecule has 3 aromatic rings. The Kier molecular flexibility index (Phi) is 3.83. The summed E-state index contributed by atoms with van der Waals surface area (Å²) in [7, 11) is 1.68. The Morgan fingerprint density at radius 2 is 2.04 bits per heavy atom. The van der Waals surface area contributed by atoms with Gasteiger partial charge in [-0.15, -0.1) is 0 Å². The van der Waals surface area contributed by atoms with E-state index < -0.39 is 0 Å². The second-order valence-electron chi connectivity index (χ2n) is 5.44. The van der Waals surface area contributed by atoms with Crippen molar-refractivity contribution in [3.05, 3.63) is 42.7 Å². The van der Waals surface area contributed by atoms with Crippen LogP contribution < -0.4 is 9.64 Å². The molecule has 0 saturated carbocycles. The summed E-state index contributed by atoms with van der Waals surface area (Å²) in [6.07, 6.45) is 3.73. The van der Waals surface area contributed by atoms with Crippen molar-refractivity contribution in [2.45, 2.75) is 0 Å².